The van der Waals surface area contributed by atoms with Crippen LogP contribution in [0.4, 0.5) is 0 Å². The molecule has 0 aliphatic rings. The molecule has 6 nitrogen and oxygen atoms in total. The van der Waals surface area contributed by atoms with Gasteiger partial charge in [0.15, 0.2) is 5.82 Å². The highest BCUT2D eigenvalue weighted by atomic mass is 79.9. The molecule has 0 fully saturated rings. The summed E-state index contributed by atoms with van der Waals surface area (Å²) in [4.78, 5) is 4.50. The van der Waals surface area contributed by atoms with Gasteiger partial charge < -0.3 is 4.42 Å². The molecule has 2 heterocycles. The fourth-order valence-corrected chi connectivity index (χ4v) is 3.60. The lowest BCUT2D eigenvalue weighted by Crippen LogP contribution is -1.83. The molecular weight excluding hydrogens is 482 g/mol. The predicted octanol–water partition coefficient (Wildman–Crippen LogP) is 5.34. The first-order chi connectivity index (χ1) is 12.7. The van der Waals surface area contributed by atoms with E-state index in [9.17, 15) is 0 Å². The summed E-state index contributed by atoms with van der Waals surface area (Å²) in [5.41, 5.74) is 1.84. The first-order valence-electron chi connectivity index (χ1n) is 7.57. The van der Waals surface area contributed by atoms with E-state index in [2.05, 4.69) is 57.2 Å². The fraction of sp³-hybridized carbons (Fsp3) is 0.0588. The standard InChI is InChI=1S/C17H11Br2N5OS/c18-11-7-5-10(6-8-11)16-23-21-14(25-16)9-26-17-20-15(22-24-17)12-3-1-2-4-13(12)19/h1-8H,9H2,(H,20,22,24). The van der Waals surface area contributed by atoms with Crippen LogP contribution in [0.3, 0.4) is 0 Å². The van der Waals surface area contributed by atoms with Crippen LogP contribution in [0, 0.1) is 0 Å². The van der Waals surface area contributed by atoms with E-state index in [0.717, 1.165) is 20.1 Å². The lowest BCUT2D eigenvalue weighted by molar-refractivity contribution is 0.528. The lowest BCUT2D eigenvalue weighted by Gasteiger charge is -1.98. The van der Waals surface area contributed by atoms with E-state index in [1.807, 2.05) is 48.5 Å². The molecule has 9 heteroatoms. The molecule has 0 aliphatic carbocycles. The maximum Gasteiger partial charge on any atom is 0.247 e. The average Bonchev–Trinajstić information content (AvgIpc) is 3.30. The van der Waals surface area contributed by atoms with Crippen molar-refractivity contribution in [3.63, 3.8) is 0 Å². The van der Waals surface area contributed by atoms with Gasteiger partial charge in [0.2, 0.25) is 16.9 Å². The van der Waals surface area contributed by atoms with Crippen molar-refractivity contribution in [3.05, 3.63) is 63.4 Å². The van der Waals surface area contributed by atoms with Crippen LogP contribution >= 0.6 is 43.6 Å². The Labute approximate surface area is 170 Å². The van der Waals surface area contributed by atoms with Crippen LogP contribution in [0.2, 0.25) is 0 Å². The first-order valence-corrected chi connectivity index (χ1v) is 10.1. The zero-order valence-electron chi connectivity index (χ0n) is 13.2. The summed E-state index contributed by atoms with van der Waals surface area (Å²) in [6.45, 7) is 0. The Morgan fingerprint density at radius 2 is 1.81 bits per heavy atom. The van der Waals surface area contributed by atoms with Crippen LogP contribution in [0.5, 0.6) is 0 Å². The summed E-state index contributed by atoms with van der Waals surface area (Å²) in [7, 11) is 0. The lowest BCUT2D eigenvalue weighted by atomic mass is 10.2. The predicted molar refractivity (Wildman–Crippen MR) is 107 cm³/mol. The minimum atomic E-state index is 0.497. The van der Waals surface area contributed by atoms with Crippen LogP contribution in [-0.4, -0.2) is 25.4 Å². The second kappa shape index (κ2) is 7.73. The number of benzene rings is 2. The second-order valence-electron chi connectivity index (χ2n) is 5.24. The Morgan fingerprint density at radius 3 is 2.62 bits per heavy atom. The highest BCUT2D eigenvalue weighted by Crippen LogP contribution is 2.28. The molecule has 26 heavy (non-hydrogen) atoms. The van der Waals surface area contributed by atoms with Crippen LogP contribution in [0.1, 0.15) is 5.89 Å². The minimum absolute atomic E-state index is 0.497. The monoisotopic (exact) mass is 491 g/mol. The van der Waals surface area contributed by atoms with Gasteiger partial charge in [-0.2, -0.15) is 0 Å². The summed E-state index contributed by atoms with van der Waals surface area (Å²) < 4.78 is 7.67. The smallest absolute Gasteiger partial charge is 0.247 e. The number of hydrogen-bond donors (Lipinski definition) is 1. The summed E-state index contributed by atoms with van der Waals surface area (Å²) in [6, 6.07) is 15.6. The van der Waals surface area contributed by atoms with Crippen molar-refractivity contribution in [2.45, 2.75) is 10.9 Å². The quantitative estimate of drug-likeness (QED) is 0.379. The molecule has 4 aromatic rings. The van der Waals surface area contributed by atoms with Crippen molar-refractivity contribution in [2.75, 3.05) is 0 Å². The van der Waals surface area contributed by atoms with Crippen molar-refractivity contribution in [2.24, 2.45) is 0 Å². The van der Waals surface area contributed by atoms with Crippen molar-refractivity contribution in [1.29, 1.82) is 0 Å². The normalized spacial score (nSPS) is 11.0. The Kier molecular flexibility index (Phi) is 5.18. The van der Waals surface area contributed by atoms with E-state index < -0.39 is 0 Å². The van der Waals surface area contributed by atoms with E-state index in [4.69, 9.17) is 4.42 Å². The molecule has 0 saturated carbocycles. The number of hydrogen-bond acceptors (Lipinski definition) is 6. The number of aromatic amines is 1. The van der Waals surface area contributed by atoms with Crippen LogP contribution in [0.15, 0.2) is 67.0 Å². The Morgan fingerprint density at radius 1 is 1.00 bits per heavy atom. The summed E-state index contributed by atoms with van der Waals surface area (Å²) in [5, 5.41) is 16.0. The van der Waals surface area contributed by atoms with Crippen LogP contribution in [0.25, 0.3) is 22.8 Å². The zero-order chi connectivity index (χ0) is 17.9. The van der Waals surface area contributed by atoms with Gasteiger partial charge >= 0.3 is 0 Å². The third kappa shape index (κ3) is 3.89. The number of aromatic nitrogens is 5. The van der Waals surface area contributed by atoms with Crippen molar-refractivity contribution in [3.8, 4) is 22.8 Å². The molecule has 0 atom stereocenters. The van der Waals surface area contributed by atoms with Gasteiger partial charge in [-0.1, -0.05) is 61.8 Å². The van der Waals surface area contributed by atoms with Gasteiger partial charge in [-0.05, 0) is 30.3 Å². The van der Waals surface area contributed by atoms with E-state index in [1.54, 1.807) is 0 Å². The molecule has 0 amide bonds. The number of nitrogens with zero attached hydrogens (tertiary/aromatic N) is 4. The van der Waals surface area contributed by atoms with Gasteiger partial charge in [0, 0.05) is 20.1 Å². The molecular formula is C17H11Br2N5OS. The van der Waals surface area contributed by atoms with Crippen LogP contribution < -0.4 is 0 Å². The van der Waals surface area contributed by atoms with Crippen molar-refractivity contribution in [1.82, 2.24) is 25.4 Å². The summed E-state index contributed by atoms with van der Waals surface area (Å²) in [6.07, 6.45) is 0. The van der Waals surface area contributed by atoms with Gasteiger partial charge in [0.1, 0.15) is 0 Å². The molecule has 0 saturated heterocycles. The number of nitrogens with one attached hydrogen (secondary N) is 1. The van der Waals surface area contributed by atoms with Gasteiger partial charge in [0.05, 0.1) is 5.75 Å². The molecule has 0 unspecified atom stereocenters. The van der Waals surface area contributed by atoms with Gasteiger partial charge in [-0.25, -0.2) is 4.98 Å². The number of thioether (sulfide) groups is 1. The fourth-order valence-electron chi connectivity index (χ4n) is 2.23. The number of halogens is 2. The molecule has 2 aromatic carbocycles. The average molecular weight is 493 g/mol. The molecule has 0 aliphatic heterocycles. The molecule has 130 valence electrons. The highest BCUT2D eigenvalue weighted by Gasteiger charge is 2.12. The third-order valence-electron chi connectivity index (χ3n) is 3.48. The number of H-pyrrole nitrogens is 1. The molecule has 4 rings (SSSR count). The van der Waals surface area contributed by atoms with Crippen molar-refractivity contribution < 1.29 is 4.42 Å². The molecule has 0 radical (unpaired) electrons. The van der Waals surface area contributed by atoms with Gasteiger partial charge in [-0.3, -0.25) is 5.10 Å². The van der Waals surface area contributed by atoms with E-state index >= 15 is 0 Å². The minimum Gasteiger partial charge on any atom is -0.420 e. The molecule has 2 aromatic heterocycles. The number of rotatable bonds is 5. The summed E-state index contributed by atoms with van der Waals surface area (Å²) in [5.74, 6) is 2.23. The van der Waals surface area contributed by atoms with Gasteiger partial charge in [-0.15, -0.1) is 15.3 Å². The maximum absolute atomic E-state index is 5.71. The van der Waals surface area contributed by atoms with Crippen molar-refractivity contribution >= 4 is 43.6 Å². The Bertz CT molecular complexity index is 1030. The third-order valence-corrected chi connectivity index (χ3v) is 5.53. The Hall–Kier alpha value is -1.97. The topological polar surface area (TPSA) is 80.5 Å². The largest absolute Gasteiger partial charge is 0.420 e. The highest BCUT2D eigenvalue weighted by molar-refractivity contribution is 9.10. The molecule has 0 bridgehead atoms. The molecule has 1 N–H and O–H groups in total. The summed E-state index contributed by atoms with van der Waals surface area (Å²) >= 11 is 8.36. The first kappa shape index (κ1) is 17.4. The van der Waals surface area contributed by atoms with E-state index in [0.29, 0.717) is 28.5 Å². The maximum atomic E-state index is 5.71. The van der Waals surface area contributed by atoms with E-state index in [1.165, 1.54) is 11.8 Å². The zero-order valence-corrected chi connectivity index (χ0v) is 17.2. The second-order valence-corrected chi connectivity index (χ2v) is 7.96. The van der Waals surface area contributed by atoms with Crippen LogP contribution in [-0.2, 0) is 5.75 Å². The SMILES string of the molecule is Brc1ccc(-c2nnc(CSc3n[nH]c(-c4ccccc4Br)n3)o2)cc1. The Balaban J connectivity index is 1.44. The van der Waals surface area contributed by atoms with Gasteiger partial charge in [0.25, 0.3) is 0 Å². The van der Waals surface area contributed by atoms with E-state index in [-0.39, 0.29) is 0 Å². The molecule has 0 spiro atoms.